The lowest BCUT2D eigenvalue weighted by Gasteiger charge is -2.31. The molecule has 4 heteroatoms. The van der Waals surface area contributed by atoms with E-state index in [2.05, 4.69) is 40.8 Å². The lowest BCUT2D eigenvalue weighted by Crippen LogP contribution is -2.43. The first kappa shape index (κ1) is 13.7. The van der Waals surface area contributed by atoms with Crippen LogP contribution in [0.3, 0.4) is 0 Å². The van der Waals surface area contributed by atoms with E-state index >= 15 is 0 Å². The minimum atomic E-state index is -0.273. The van der Waals surface area contributed by atoms with Crippen molar-refractivity contribution in [2.45, 2.75) is 38.1 Å². The molecule has 0 unspecified atom stereocenters. The molecule has 0 spiro atoms. The SMILES string of the molecule is CCOC(=O)N[C@@H]1[C@@H]2CC[C@@H](C2)[C@H]1c1c[nH]c2ccccc12. The highest BCUT2D eigenvalue weighted by atomic mass is 16.5. The number of para-hydroxylation sites is 1. The molecule has 4 nitrogen and oxygen atoms in total. The standard InChI is InChI=1S/C18H22N2O2/c1-2-22-18(21)20-17-12-8-7-11(9-12)16(17)14-10-19-15-6-4-3-5-13(14)15/h3-6,10-12,16-17,19H,2,7-9H2,1H3,(H,20,21)/t11-,12+,16-,17+/m0/s1. The number of hydrogen-bond donors (Lipinski definition) is 2. The summed E-state index contributed by atoms with van der Waals surface area (Å²) in [4.78, 5) is 15.3. The summed E-state index contributed by atoms with van der Waals surface area (Å²) in [5.74, 6) is 1.67. The Morgan fingerprint density at radius 2 is 2.14 bits per heavy atom. The summed E-state index contributed by atoms with van der Waals surface area (Å²) in [6.45, 7) is 2.27. The lowest BCUT2D eigenvalue weighted by atomic mass is 9.79. The fraction of sp³-hybridized carbons (Fsp3) is 0.500. The van der Waals surface area contributed by atoms with Gasteiger partial charge in [-0.15, -0.1) is 0 Å². The van der Waals surface area contributed by atoms with Crippen molar-refractivity contribution in [1.82, 2.24) is 10.3 Å². The van der Waals surface area contributed by atoms with Gasteiger partial charge in [-0.3, -0.25) is 0 Å². The fourth-order valence-electron chi connectivity index (χ4n) is 4.63. The van der Waals surface area contributed by atoms with Crippen LogP contribution in [0.25, 0.3) is 10.9 Å². The van der Waals surface area contributed by atoms with E-state index in [1.54, 1.807) is 0 Å². The number of aromatic nitrogens is 1. The average Bonchev–Trinajstić information content (AvgIpc) is 3.21. The summed E-state index contributed by atoms with van der Waals surface area (Å²) < 4.78 is 5.11. The van der Waals surface area contributed by atoms with Crippen molar-refractivity contribution in [2.75, 3.05) is 6.61 Å². The highest BCUT2D eigenvalue weighted by Crippen LogP contribution is 2.54. The molecule has 2 fully saturated rings. The molecule has 0 aliphatic heterocycles. The number of alkyl carbamates (subject to hydrolysis) is 1. The van der Waals surface area contributed by atoms with Crippen LogP contribution >= 0.6 is 0 Å². The number of amides is 1. The van der Waals surface area contributed by atoms with Crippen molar-refractivity contribution in [3.8, 4) is 0 Å². The summed E-state index contributed by atoms with van der Waals surface area (Å²) in [5.41, 5.74) is 2.53. The number of carbonyl (C=O) groups excluding carboxylic acids is 1. The second kappa shape index (κ2) is 5.34. The Bertz CT molecular complexity index is 693. The molecule has 1 amide bonds. The van der Waals surface area contributed by atoms with E-state index in [1.165, 1.54) is 35.7 Å². The Kier molecular flexibility index (Phi) is 3.32. The third kappa shape index (κ3) is 2.09. The maximum absolute atomic E-state index is 11.9. The third-order valence-electron chi connectivity index (χ3n) is 5.46. The molecule has 4 rings (SSSR count). The van der Waals surface area contributed by atoms with Gasteiger partial charge >= 0.3 is 6.09 Å². The number of H-pyrrole nitrogens is 1. The summed E-state index contributed by atoms with van der Waals surface area (Å²) in [5, 5.41) is 4.43. The Labute approximate surface area is 130 Å². The smallest absolute Gasteiger partial charge is 0.407 e. The highest BCUT2D eigenvalue weighted by Gasteiger charge is 2.49. The van der Waals surface area contributed by atoms with Crippen LogP contribution in [-0.4, -0.2) is 23.7 Å². The normalized spacial score (nSPS) is 29.9. The Morgan fingerprint density at radius 3 is 3.00 bits per heavy atom. The maximum atomic E-state index is 11.9. The quantitative estimate of drug-likeness (QED) is 0.905. The van der Waals surface area contributed by atoms with Gasteiger partial charge in [0, 0.05) is 29.1 Å². The molecular formula is C18H22N2O2. The minimum Gasteiger partial charge on any atom is -0.450 e. The zero-order chi connectivity index (χ0) is 15.1. The summed E-state index contributed by atoms with van der Waals surface area (Å²) in [6, 6.07) is 8.63. The van der Waals surface area contributed by atoms with Crippen LogP contribution in [0.15, 0.2) is 30.5 Å². The largest absolute Gasteiger partial charge is 0.450 e. The van der Waals surface area contributed by atoms with Crippen molar-refractivity contribution < 1.29 is 9.53 Å². The van der Waals surface area contributed by atoms with E-state index in [0.717, 1.165) is 0 Å². The number of ether oxygens (including phenoxy) is 1. The van der Waals surface area contributed by atoms with Crippen LogP contribution in [-0.2, 0) is 4.74 Å². The molecule has 1 aromatic heterocycles. The fourth-order valence-corrected chi connectivity index (χ4v) is 4.63. The summed E-state index contributed by atoms with van der Waals surface area (Å²) in [6.07, 6.45) is 5.58. The molecule has 2 saturated carbocycles. The van der Waals surface area contributed by atoms with Gasteiger partial charge in [0.05, 0.1) is 6.61 Å². The van der Waals surface area contributed by atoms with E-state index in [4.69, 9.17) is 4.74 Å². The highest BCUT2D eigenvalue weighted by molar-refractivity contribution is 5.84. The zero-order valence-corrected chi connectivity index (χ0v) is 12.8. The molecule has 2 bridgehead atoms. The topological polar surface area (TPSA) is 54.1 Å². The zero-order valence-electron chi connectivity index (χ0n) is 12.8. The van der Waals surface area contributed by atoms with Gasteiger partial charge in [0.1, 0.15) is 0 Å². The predicted octanol–water partition coefficient (Wildman–Crippen LogP) is 3.80. The van der Waals surface area contributed by atoms with Gasteiger partial charge in [0.15, 0.2) is 0 Å². The van der Waals surface area contributed by atoms with Crippen molar-refractivity contribution >= 4 is 17.0 Å². The molecule has 2 N–H and O–H groups in total. The van der Waals surface area contributed by atoms with Gasteiger partial charge in [-0.25, -0.2) is 4.79 Å². The van der Waals surface area contributed by atoms with Gasteiger partial charge in [-0.05, 0) is 49.7 Å². The molecule has 2 aliphatic rings. The molecule has 116 valence electrons. The maximum Gasteiger partial charge on any atom is 0.407 e. The second-order valence-corrected chi connectivity index (χ2v) is 6.54. The average molecular weight is 298 g/mol. The predicted molar refractivity (Wildman–Crippen MR) is 85.8 cm³/mol. The van der Waals surface area contributed by atoms with E-state index in [1.807, 2.05) is 6.92 Å². The van der Waals surface area contributed by atoms with Crippen molar-refractivity contribution in [2.24, 2.45) is 11.8 Å². The molecule has 22 heavy (non-hydrogen) atoms. The summed E-state index contributed by atoms with van der Waals surface area (Å²) >= 11 is 0. The number of carbonyl (C=O) groups is 1. The molecule has 0 saturated heterocycles. The van der Waals surface area contributed by atoms with Gasteiger partial charge in [-0.1, -0.05) is 18.2 Å². The Hall–Kier alpha value is -1.97. The van der Waals surface area contributed by atoms with Gasteiger partial charge in [-0.2, -0.15) is 0 Å². The lowest BCUT2D eigenvalue weighted by molar-refractivity contribution is 0.141. The van der Waals surface area contributed by atoms with E-state index in [0.29, 0.717) is 24.4 Å². The van der Waals surface area contributed by atoms with Crippen LogP contribution < -0.4 is 5.32 Å². The molecular weight excluding hydrogens is 276 g/mol. The van der Waals surface area contributed by atoms with Crippen molar-refractivity contribution in [3.63, 3.8) is 0 Å². The van der Waals surface area contributed by atoms with Crippen LogP contribution in [0.2, 0.25) is 0 Å². The first-order valence-corrected chi connectivity index (χ1v) is 8.27. The molecule has 2 aromatic rings. The van der Waals surface area contributed by atoms with E-state index in [9.17, 15) is 4.79 Å². The molecule has 1 aromatic carbocycles. The van der Waals surface area contributed by atoms with E-state index in [-0.39, 0.29) is 12.1 Å². The van der Waals surface area contributed by atoms with E-state index < -0.39 is 0 Å². The van der Waals surface area contributed by atoms with Crippen LogP contribution in [0.4, 0.5) is 4.79 Å². The number of nitrogens with one attached hydrogen (secondary N) is 2. The number of rotatable bonds is 3. The number of fused-ring (bicyclic) bond motifs is 3. The molecule has 2 aliphatic carbocycles. The van der Waals surface area contributed by atoms with Crippen LogP contribution in [0.1, 0.15) is 37.7 Å². The first-order valence-electron chi connectivity index (χ1n) is 8.27. The monoisotopic (exact) mass is 298 g/mol. The Balaban J connectivity index is 1.67. The van der Waals surface area contributed by atoms with Gasteiger partial charge in [0.2, 0.25) is 0 Å². The molecule has 4 atom stereocenters. The van der Waals surface area contributed by atoms with Gasteiger partial charge in [0.25, 0.3) is 0 Å². The van der Waals surface area contributed by atoms with Crippen LogP contribution in [0, 0.1) is 11.8 Å². The number of benzene rings is 1. The van der Waals surface area contributed by atoms with Crippen LogP contribution in [0.5, 0.6) is 0 Å². The first-order chi connectivity index (χ1) is 10.8. The minimum absolute atomic E-state index is 0.206. The molecule has 1 heterocycles. The Morgan fingerprint density at radius 1 is 1.32 bits per heavy atom. The summed E-state index contributed by atoms with van der Waals surface area (Å²) in [7, 11) is 0. The van der Waals surface area contributed by atoms with Gasteiger partial charge < -0.3 is 15.0 Å². The second-order valence-electron chi connectivity index (χ2n) is 6.54. The molecule has 0 radical (unpaired) electrons. The third-order valence-corrected chi connectivity index (χ3v) is 5.46. The van der Waals surface area contributed by atoms with Crippen molar-refractivity contribution in [3.05, 3.63) is 36.0 Å². The number of hydrogen-bond acceptors (Lipinski definition) is 2. The van der Waals surface area contributed by atoms with Crippen molar-refractivity contribution in [1.29, 1.82) is 0 Å². The number of aromatic amines is 1.